The zero-order valence-electron chi connectivity index (χ0n) is 23.5. The third-order valence-electron chi connectivity index (χ3n) is 5.55. The zero-order valence-corrected chi connectivity index (χ0v) is 26.3. The van der Waals surface area contributed by atoms with E-state index in [1.165, 1.54) is 11.3 Å². The van der Waals surface area contributed by atoms with Crippen molar-refractivity contribution in [1.29, 1.82) is 5.26 Å². The molecule has 0 saturated carbocycles. The molecule has 0 aliphatic carbocycles. The second-order valence-electron chi connectivity index (χ2n) is 8.49. The summed E-state index contributed by atoms with van der Waals surface area (Å²) in [4.78, 5) is 45.5. The zero-order chi connectivity index (χ0) is 29.9. The van der Waals surface area contributed by atoms with Gasteiger partial charge in [0.15, 0.2) is 0 Å². The molecule has 2 aromatic carbocycles. The molecule has 210 valence electrons. The quantitative estimate of drug-likeness (QED) is 0.309. The average Bonchev–Trinajstić information content (AvgIpc) is 3.42. The number of pyridine rings is 1. The predicted octanol–water partition coefficient (Wildman–Crippen LogP) is 0.994. The van der Waals surface area contributed by atoms with Gasteiger partial charge in [0.05, 0.1) is 18.2 Å². The number of para-hydroxylation sites is 1. The van der Waals surface area contributed by atoms with Crippen LogP contribution < -0.4 is 35.1 Å². The molecule has 13 heteroatoms. The maximum absolute atomic E-state index is 13.3. The van der Waals surface area contributed by atoms with Gasteiger partial charge in [0.1, 0.15) is 0 Å². The number of aromatic nitrogens is 1. The minimum absolute atomic E-state index is 0. The Bertz CT molecular complexity index is 1610. The van der Waals surface area contributed by atoms with Crippen molar-refractivity contribution in [3.63, 3.8) is 0 Å². The van der Waals surface area contributed by atoms with Crippen molar-refractivity contribution in [3.05, 3.63) is 99.1 Å². The Labute approximate surface area is 268 Å². The van der Waals surface area contributed by atoms with Gasteiger partial charge < -0.3 is 19.1 Å². The Morgan fingerprint density at radius 2 is 1.45 bits per heavy atom. The molecule has 0 atom stereocenters. The molecule has 0 spiro atoms. The van der Waals surface area contributed by atoms with Crippen molar-refractivity contribution in [2.45, 2.75) is 27.4 Å². The van der Waals surface area contributed by atoms with E-state index in [0.29, 0.717) is 16.7 Å². The first kappa shape index (κ1) is 34.2. The maximum atomic E-state index is 13.3. The number of hydrogen-bond donors (Lipinski definition) is 1. The standard InChI is InChI=1S/C23H16N2O2S.C6H10BO6.Na/c24-13-16-6-4-5-9-19(16)21-12-17(20-10-11-28-22(20)15-26)14-25(23(21)27)18-7-2-1-3-8-18;1-4(8)11-7(12-5(2)9)13-6(3)10;/h1-12,14,26H,15H2;7H,1-3H3;/q;-1;+1. The molecule has 42 heavy (non-hydrogen) atoms. The fourth-order valence-electron chi connectivity index (χ4n) is 3.82. The second kappa shape index (κ2) is 16.5. The number of nitriles is 1. The van der Waals surface area contributed by atoms with E-state index in [9.17, 15) is 29.5 Å². The predicted molar refractivity (Wildman–Crippen MR) is 154 cm³/mol. The number of thiophene rings is 1. The first-order chi connectivity index (χ1) is 19.6. The number of aliphatic hydroxyl groups is 1. The molecule has 0 unspecified atom stereocenters. The summed E-state index contributed by atoms with van der Waals surface area (Å²) in [5, 5.41) is 21.1. The van der Waals surface area contributed by atoms with E-state index in [0.717, 1.165) is 42.5 Å². The molecule has 1 N–H and O–H groups in total. The van der Waals surface area contributed by atoms with E-state index in [1.807, 2.05) is 47.8 Å². The van der Waals surface area contributed by atoms with Crippen LogP contribution in [0.5, 0.6) is 0 Å². The van der Waals surface area contributed by atoms with Gasteiger partial charge in [0.25, 0.3) is 23.5 Å². The van der Waals surface area contributed by atoms with E-state index in [1.54, 1.807) is 35.0 Å². The van der Waals surface area contributed by atoms with Crippen LogP contribution in [0.4, 0.5) is 0 Å². The van der Waals surface area contributed by atoms with Crippen LogP contribution in [0.25, 0.3) is 27.9 Å². The van der Waals surface area contributed by atoms with Crippen molar-refractivity contribution in [1.82, 2.24) is 4.57 Å². The molecule has 0 aliphatic rings. The van der Waals surface area contributed by atoms with Crippen molar-refractivity contribution in [3.8, 4) is 34.0 Å². The topological polar surface area (TPSA) is 145 Å². The van der Waals surface area contributed by atoms with Gasteiger partial charge in [-0.1, -0.05) is 36.4 Å². The van der Waals surface area contributed by atoms with Crippen molar-refractivity contribution >= 4 is 36.6 Å². The van der Waals surface area contributed by atoms with Crippen LogP contribution in [0, 0.1) is 11.3 Å². The van der Waals surface area contributed by atoms with Gasteiger partial charge in [-0.25, -0.2) is 0 Å². The number of benzene rings is 2. The largest absolute Gasteiger partial charge is 1.00 e. The van der Waals surface area contributed by atoms with Crippen LogP contribution in [-0.2, 0) is 35.0 Å². The van der Waals surface area contributed by atoms with E-state index in [2.05, 4.69) is 20.0 Å². The Morgan fingerprint density at radius 1 is 0.881 bits per heavy atom. The monoisotopic (exact) mass is 596 g/mol. The molecule has 2 aromatic heterocycles. The van der Waals surface area contributed by atoms with Gasteiger partial charge in [-0.15, -0.1) is 11.3 Å². The van der Waals surface area contributed by atoms with Gasteiger partial charge in [-0.05, 0) is 41.3 Å². The van der Waals surface area contributed by atoms with Gasteiger partial charge in [0, 0.05) is 54.2 Å². The van der Waals surface area contributed by atoms with Crippen LogP contribution in [0.15, 0.2) is 83.1 Å². The van der Waals surface area contributed by atoms with Crippen LogP contribution in [-0.4, -0.2) is 34.9 Å². The molecule has 0 saturated heterocycles. The Kier molecular flexibility index (Phi) is 13.4. The molecule has 2 heterocycles. The summed E-state index contributed by atoms with van der Waals surface area (Å²) in [6, 6.07) is 22.4. The van der Waals surface area contributed by atoms with E-state index in [4.69, 9.17) is 0 Å². The summed E-state index contributed by atoms with van der Waals surface area (Å²) in [5.74, 6) is -2.03. The van der Waals surface area contributed by atoms with Crippen LogP contribution in [0.2, 0.25) is 0 Å². The fourth-order valence-corrected chi connectivity index (χ4v) is 4.58. The molecule has 0 aliphatic heterocycles. The number of hydrogen-bond acceptors (Lipinski definition) is 10. The third-order valence-corrected chi connectivity index (χ3v) is 6.46. The summed E-state index contributed by atoms with van der Waals surface area (Å²) in [5.41, 5.74) is 3.74. The van der Waals surface area contributed by atoms with E-state index in [-0.39, 0.29) is 41.7 Å². The number of nitrogens with zero attached hydrogens (tertiary/aromatic N) is 2. The van der Waals surface area contributed by atoms with Gasteiger partial charge in [-0.2, -0.15) is 5.26 Å². The van der Waals surface area contributed by atoms with E-state index >= 15 is 0 Å². The summed E-state index contributed by atoms with van der Waals surface area (Å²) >= 11 is 1.47. The normalized spacial score (nSPS) is 9.90. The van der Waals surface area contributed by atoms with E-state index < -0.39 is 25.2 Å². The van der Waals surface area contributed by atoms with Gasteiger partial charge >= 0.3 is 36.9 Å². The smallest absolute Gasteiger partial charge is 0.625 e. The first-order valence-electron chi connectivity index (χ1n) is 12.3. The summed E-state index contributed by atoms with van der Waals surface area (Å²) in [6.07, 6.45) is 1.79. The molecule has 0 bridgehead atoms. The maximum Gasteiger partial charge on any atom is 1.00 e. The Hall–Kier alpha value is -3.99. The molecular formula is C29H26BN2NaO8S. The fraction of sp³-hybridized carbons (Fsp3) is 0.138. The molecular weight excluding hydrogens is 570 g/mol. The van der Waals surface area contributed by atoms with Crippen LogP contribution >= 0.6 is 11.3 Å². The summed E-state index contributed by atoms with van der Waals surface area (Å²) in [6.45, 7) is 3.29. The number of aliphatic hydroxyl groups excluding tert-OH is 1. The SMILES string of the molecule is CC(=O)O[BH-](OC(C)=O)OC(C)=O.N#Cc1ccccc1-c1cc(-c2ccsc2CO)cn(-c2ccccc2)c1=O.[Na+]. The average molecular weight is 596 g/mol. The van der Waals surface area contributed by atoms with Crippen LogP contribution in [0.1, 0.15) is 31.2 Å². The minimum Gasteiger partial charge on any atom is -0.625 e. The van der Waals surface area contributed by atoms with Crippen molar-refractivity contribution in [2.24, 2.45) is 0 Å². The summed E-state index contributed by atoms with van der Waals surface area (Å²) < 4.78 is 14.9. The van der Waals surface area contributed by atoms with Crippen LogP contribution in [0.3, 0.4) is 0 Å². The molecule has 4 rings (SSSR count). The number of carbonyl (C=O) groups is 3. The Balaban J connectivity index is 0.000000377. The Morgan fingerprint density at radius 3 is 2.00 bits per heavy atom. The molecule has 0 amide bonds. The van der Waals surface area contributed by atoms with Crippen molar-refractivity contribution < 1.29 is 63.0 Å². The van der Waals surface area contributed by atoms with Gasteiger partial charge in [-0.3, -0.25) is 23.7 Å². The number of rotatable bonds is 7. The molecule has 4 aromatic rings. The van der Waals surface area contributed by atoms with Gasteiger partial charge in [0.2, 0.25) is 0 Å². The first-order valence-corrected chi connectivity index (χ1v) is 13.2. The second-order valence-corrected chi connectivity index (χ2v) is 9.49. The van der Waals surface area contributed by atoms with Crippen molar-refractivity contribution in [2.75, 3.05) is 0 Å². The molecule has 10 nitrogen and oxygen atoms in total. The molecule has 0 fully saturated rings. The number of carbonyl (C=O) groups excluding carboxylic acids is 3. The third kappa shape index (κ3) is 9.27. The minimum atomic E-state index is -2.41. The summed E-state index contributed by atoms with van der Waals surface area (Å²) in [7, 11) is -2.41. The molecule has 0 radical (unpaired) electrons.